The van der Waals surface area contributed by atoms with Crippen molar-refractivity contribution >= 4 is 5.65 Å². The number of nitrogens with one attached hydrogen (secondary N) is 1. The van der Waals surface area contributed by atoms with Crippen molar-refractivity contribution in [2.75, 3.05) is 13.1 Å². The van der Waals surface area contributed by atoms with Gasteiger partial charge in [0.1, 0.15) is 0 Å². The Morgan fingerprint density at radius 3 is 2.71 bits per heavy atom. The number of imidazole rings is 1. The summed E-state index contributed by atoms with van der Waals surface area (Å²) in [5, 5.41) is 7.22. The lowest BCUT2D eigenvalue weighted by molar-refractivity contribution is 0.857. The highest BCUT2D eigenvalue weighted by Crippen LogP contribution is 1.93. The monoisotopic (exact) mass is 190 g/mol. The first-order chi connectivity index (χ1) is 6.97. The van der Waals surface area contributed by atoms with Gasteiger partial charge in [0, 0.05) is 18.6 Å². The summed E-state index contributed by atoms with van der Waals surface area (Å²) in [6.45, 7) is 2.50. The molecule has 3 heterocycles. The average Bonchev–Trinajstić information content (AvgIpc) is 2.92. The maximum atomic E-state index is 4.02. The van der Waals surface area contributed by atoms with Crippen LogP contribution >= 0.6 is 0 Å². The Morgan fingerprint density at radius 2 is 2.07 bits per heavy atom. The minimum atomic E-state index is 0.887. The van der Waals surface area contributed by atoms with E-state index in [1.165, 1.54) is 25.9 Å². The first kappa shape index (κ1) is 9.15. The molecule has 14 heavy (non-hydrogen) atoms. The van der Waals surface area contributed by atoms with E-state index in [0.29, 0.717) is 0 Å². The van der Waals surface area contributed by atoms with Gasteiger partial charge in [-0.25, -0.2) is 9.50 Å². The minimum absolute atomic E-state index is 0.887. The van der Waals surface area contributed by atoms with Crippen LogP contribution in [0.2, 0.25) is 0 Å². The topological polar surface area (TPSA) is 42.2 Å². The molecule has 2 aromatic rings. The lowest BCUT2D eigenvalue weighted by Crippen LogP contribution is -2.03. The van der Waals surface area contributed by atoms with Crippen LogP contribution < -0.4 is 5.32 Å². The van der Waals surface area contributed by atoms with Gasteiger partial charge in [0.05, 0.1) is 0 Å². The summed E-state index contributed by atoms with van der Waals surface area (Å²) < 4.78 is 1.72. The Morgan fingerprint density at radius 1 is 1.21 bits per heavy atom. The summed E-state index contributed by atoms with van der Waals surface area (Å²) in [5.41, 5.74) is 0.887. The molecule has 1 fully saturated rings. The molecule has 4 heteroatoms. The third-order valence-electron chi connectivity index (χ3n) is 2.13. The number of nitrogens with zero attached hydrogens (tertiary/aromatic N) is 3. The van der Waals surface area contributed by atoms with Gasteiger partial charge in [0.2, 0.25) is 0 Å². The molecule has 0 spiro atoms. The van der Waals surface area contributed by atoms with Gasteiger partial charge in [-0.1, -0.05) is 0 Å². The Bertz CT molecular complexity index is 340. The van der Waals surface area contributed by atoms with Crippen molar-refractivity contribution in [3.63, 3.8) is 0 Å². The highest BCUT2D eigenvalue weighted by molar-refractivity contribution is 5.34. The molecular weight excluding hydrogens is 176 g/mol. The van der Waals surface area contributed by atoms with E-state index in [0.717, 1.165) is 5.65 Å². The molecule has 1 aliphatic heterocycles. The SMILES string of the molecule is C1CCNC1.c1cnn2ccnc2c1. The van der Waals surface area contributed by atoms with E-state index in [1.807, 2.05) is 18.3 Å². The highest BCUT2D eigenvalue weighted by atomic mass is 15.2. The minimum Gasteiger partial charge on any atom is -0.317 e. The molecule has 0 atom stereocenters. The fourth-order valence-electron chi connectivity index (χ4n) is 1.39. The van der Waals surface area contributed by atoms with Gasteiger partial charge in [-0.05, 0) is 38.1 Å². The van der Waals surface area contributed by atoms with Crippen LogP contribution in [0, 0.1) is 0 Å². The third kappa shape index (κ3) is 2.29. The van der Waals surface area contributed by atoms with Crippen LogP contribution in [0.15, 0.2) is 30.7 Å². The van der Waals surface area contributed by atoms with E-state index in [1.54, 1.807) is 16.9 Å². The Hall–Kier alpha value is -1.42. The zero-order valence-corrected chi connectivity index (χ0v) is 8.06. The molecule has 0 unspecified atom stereocenters. The van der Waals surface area contributed by atoms with Gasteiger partial charge < -0.3 is 5.32 Å². The second kappa shape index (κ2) is 4.72. The second-order valence-corrected chi connectivity index (χ2v) is 3.21. The molecule has 4 nitrogen and oxygen atoms in total. The van der Waals surface area contributed by atoms with Gasteiger partial charge >= 0.3 is 0 Å². The molecule has 74 valence electrons. The van der Waals surface area contributed by atoms with Crippen LogP contribution in [-0.2, 0) is 0 Å². The van der Waals surface area contributed by atoms with E-state index in [4.69, 9.17) is 0 Å². The van der Waals surface area contributed by atoms with E-state index in [9.17, 15) is 0 Å². The summed E-state index contributed by atoms with van der Waals surface area (Å²) in [6.07, 6.45) is 8.05. The molecule has 0 saturated carbocycles. The predicted octanol–water partition coefficient (Wildman–Crippen LogP) is 1.10. The number of hydrogen-bond acceptors (Lipinski definition) is 3. The summed E-state index contributed by atoms with van der Waals surface area (Å²) in [5.74, 6) is 0. The maximum absolute atomic E-state index is 4.02. The quantitative estimate of drug-likeness (QED) is 0.676. The van der Waals surface area contributed by atoms with Crippen LogP contribution in [0.3, 0.4) is 0 Å². The largest absolute Gasteiger partial charge is 0.317 e. The molecule has 0 amide bonds. The lowest BCUT2D eigenvalue weighted by Gasteiger charge is -1.85. The van der Waals surface area contributed by atoms with Crippen molar-refractivity contribution in [2.45, 2.75) is 12.8 Å². The molecule has 2 aromatic heterocycles. The number of hydrogen-bond donors (Lipinski definition) is 1. The van der Waals surface area contributed by atoms with Gasteiger partial charge in [0.15, 0.2) is 5.65 Å². The first-order valence-electron chi connectivity index (χ1n) is 4.92. The highest BCUT2D eigenvalue weighted by Gasteiger charge is 1.93. The fraction of sp³-hybridized carbons (Fsp3) is 0.400. The number of aromatic nitrogens is 3. The van der Waals surface area contributed by atoms with Crippen molar-refractivity contribution < 1.29 is 0 Å². The van der Waals surface area contributed by atoms with E-state index in [-0.39, 0.29) is 0 Å². The smallest absolute Gasteiger partial charge is 0.153 e. The molecule has 0 aromatic carbocycles. The van der Waals surface area contributed by atoms with Crippen molar-refractivity contribution in [3.05, 3.63) is 30.7 Å². The van der Waals surface area contributed by atoms with E-state index in [2.05, 4.69) is 15.4 Å². The number of fused-ring (bicyclic) bond motifs is 1. The van der Waals surface area contributed by atoms with Gasteiger partial charge in [0.25, 0.3) is 0 Å². The summed E-state index contributed by atoms with van der Waals surface area (Å²) >= 11 is 0. The molecule has 0 aliphatic carbocycles. The van der Waals surface area contributed by atoms with E-state index >= 15 is 0 Å². The average molecular weight is 190 g/mol. The van der Waals surface area contributed by atoms with Crippen molar-refractivity contribution in [1.82, 2.24) is 19.9 Å². The Balaban J connectivity index is 0.000000128. The van der Waals surface area contributed by atoms with Gasteiger partial charge in [-0.3, -0.25) is 0 Å². The third-order valence-corrected chi connectivity index (χ3v) is 2.13. The Kier molecular flexibility index (Phi) is 3.08. The van der Waals surface area contributed by atoms with Crippen molar-refractivity contribution in [1.29, 1.82) is 0 Å². The van der Waals surface area contributed by atoms with Crippen LogP contribution in [0.5, 0.6) is 0 Å². The van der Waals surface area contributed by atoms with Crippen molar-refractivity contribution in [3.8, 4) is 0 Å². The van der Waals surface area contributed by atoms with Crippen molar-refractivity contribution in [2.24, 2.45) is 0 Å². The zero-order chi connectivity index (χ0) is 9.64. The second-order valence-electron chi connectivity index (χ2n) is 3.21. The van der Waals surface area contributed by atoms with Crippen LogP contribution in [0.4, 0.5) is 0 Å². The Labute approximate surface area is 83.0 Å². The summed E-state index contributed by atoms with van der Waals surface area (Å²) in [6, 6.07) is 3.77. The van der Waals surface area contributed by atoms with Crippen LogP contribution in [0.25, 0.3) is 5.65 Å². The number of rotatable bonds is 0. The maximum Gasteiger partial charge on any atom is 0.153 e. The summed E-state index contributed by atoms with van der Waals surface area (Å²) in [7, 11) is 0. The predicted molar refractivity (Wildman–Crippen MR) is 55.1 cm³/mol. The van der Waals surface area contributed by atoms with Crippen LogP contribution in [-0.4, -0.2) is 27.7 Å². The fourth-order valence-corrected chi connectivity index (χ4v) is 1.39. The molecule has 3 rings (SSSR count). The first-order valence-corrected chi connectivity index (χ1v) is 4.92. The van der Waals surface area contributed by atoms with Crippen LogP contribution in [0.1, 0.15) is 12.8 Å². The molecule has 0 radical (unpaired) electrons. The molecule has 0 bridgehead atoms. The molecular formula is C10H14N4. The van der Waals surface area contributed by atoms with E-state index < -0.39 is 0 Å². The molecule has 1 saturated heterocycles. The van der Waals surface area contributed by atoms with Gasteiger partial charge in [-0.2, -0.15) is 5.10 Å². The molecule has 1 N–H and O–H groups in total. The standard InChI is InChI=1S/C6H5N3.C4H9N/c1-2-6-7-4-5-9(6)8-3-1;1-2-4-5-3-1/h1-5H;5H,1-4H2. The van der Waals surface area contributed by atoms with Gasteiger partial charge in [-0.15, -0.1) is 0 Å². The lowest BCUT2D eigenvalue weighted by atomic mass is 10.4. The zero-order valence-electron chi connectivity index (χ0n) is 8.06. The summed E-state index contributed by atoms with van der Waals surface area (Å²) in [4.78, 5) is 4.02. The normalized spacial score (nSPS) is 15.1. The molecule has 1 aliphatic rings.